The van der Waals surface area contributed by atoms with Gasteiger partial charge in [0.1, 0.15) is 0 Å². The van der Waals surface area contributed by atoms with Crippen molar-refractivity contribution in [2.45, 2.75) is 39.0 Å². The molecular formula is C20H27N. The fourth-order valence-electron chi connectivity index (χ4n) is 2.55. The summed E-state index contributed by atoms with van der Waals surface area (Å²) in [5.41, 5.74) is 4.03. The van der Waals surface area contributed by atoms with E-state index in [0.29, 0.717) is 5.92 Å². The monoisotopic (exact) mass is 281 g/mol. The molecule has 0 amide bonds. The van der Waals surface area contributed by atoms with Crippen LogP contribution in [0.3, 0.4) is 0 Å². The van der Waals surface area contributed by atoms with Gasteiger partial charge in [-0.3, -0.25) is 0 Å². The van der Waals surface area contributed by atoms with Crippen molar-refractivity contribution in [3.8, 4) is 11.1 Å². The van der Waals surface area contributed by atoms with Gasteiger partial charge in [0.05, 0.1) is 0 Å². The number of benzene rings is 2. The normalized spacial score (nSPS) is 12.3. The zero-order valence-corrected chi connectivity index (χ0v) is 13.3. The Morgan fingerprint density at radius 1 is 0.857 bits per heavy atom. The SMILES string of the molecule is CCCCNCCC(C)c1ccc(-c2ccccc2)cc1. The molecule has 1 heteroatoms. The topological polar surface area (TPSA) is 12.0 Å². The molecule has 2 aromatic carbocycles. The third-order valence-corrected chi connectivity index (χ3v) is 4.05. The van der Waals surface area contributed by atoms with Crippen LogP contribution in [-0.4, -0.2) is 13.1 Å². The highest BCUT2D eigenvalue weighted by molar-refractivity contribution is 5.63. The minimum Gasteiger partial charge on any atom is -0.317 e. The third-order valence-electron chi connectivity index (χ3n) is 4.05. The highest BCUT2D eigenvalue weighted by Crippen LogP contribution is 2.23. The second-order valence-electron chi connectivity index (χ2n) is 5.78. The molecule has 0 aliphatic heterocycles. The summed E-state index contributed by atoms with van der Waals surface area (Å²) in [6.45, 7) is 6.81. The molecule has 0 saturated heterocycles. The van der Waals surface area contributed by atoms with Gasteiger partial charge in [0, 0.05) is 0 Å². The Bertz CT molecular complexity index is 501. The zero-order valence-electron chi connectivity index (χ0n) is 13.3. The summed E-state index contributed by atoms with van der Waals surface area (Å²) < 4.78 is 0. The molecule has 1 nitrogen and oxygen atoms in total. The number of rotatable bonds is 8. The summed E-state index contributed by atoms with van der Waals surface area (Å²) in [4.78, 5) is 0. The summed E-state index contributed by atoms with van der Waals surface area (Å²) >= 11 is 0. The first-order valence-electron chi connectivity index (χ1n) is 8.17. The lowest BCUT2D eigenvalue weighted by Gasteiger charge is -2.13. The Labute approximate surface area is 129 Å². The van der Waals surface area contributed by atoms with E-state index in [1.54, 1.807) is 0 Å². The van der Waals surface area contributed by atoms with Crippen LogP contribution in [0.5, 0.6) is 0 Å². The van der Waals surface area contributed by atoms with Gasteiger partial charge in [-0.25, -0.2) is 0 Å². The lowest BCUT2D eigenvalue weighted by molar-refractivity contribution is 0.578. The van der Waals surface area contributed by atoms with Crippen molar-refractivity contribution in [1.29, 1.82) is 0 Å². The minimum absolute atomic E-state index is 0.615. The van der Waals surface area contributed by atoms with E-state index >= 15 is 0 Å². The maximum atomic E-state index is 3.52. The van der Waals surface area contributed by atoms with E-state index in [9.17, 15) is 0 Å². The Morgan fingerprint density at radius 2 is 1.52 bits per heavy atom. The lowest BCUT2D eigenvalue weighted by atomic mass is 9.95. The lowest BCUT2D eigenvalue weighted by Crippen LogP contribution is -2.18. The van der Waals surface area contributed by atoms with Crippen LogP contribution in [0.4, 0.5) is 0 Å². The molecule has 1 atom stereocenters. The highest BCUT2D eigenvalue weighted by atomic mass is 14.8. The molecule has 0 aliphatic carbocycles. The van der Waals surface area contributed by atoms with Gasteiger partial charge >= 0.3 is 0 Å². The molecule has 0 saturated carbocycles. The number of nitrogens with one attached hydrogen (secondary N) is 1. The van der Waals surface area contributed by atoms with E-state index < -0.39 is 0 Å². The fourth-order valence-corrected chi connectivity index (χ4v) is 2.55. The van der Waals surface area contributed by atoms with Crippen LogP contribution < -0.4 is 5.32 Å². The van der Waals surface area contributed by atoms with Crippen LogP contribution in [0.1, 0.15) is 44.6 Å². The third kappa shape index (κ3) is 5.02. The average molecular weight is 281 g/mol. The summed E-state index contributed by atoms with van der Waals surface area (Å²) in [5, 5.41) is 3.52. The van der Waals surface area contributed by atoms with Gasteiger partial charge in [-0.05, 0) is 48.5 Å². The van der Waals surface area contributed by atoms with Crippen molar-refractivity contribution >= 4 is 0 Å². The van der Waals surface area contributed by atoms with E-state index in [2.05, 4.69) is 73.8 Å². The van der Waals surface area contributed by atoms with Gasteiger partial charge in [-0.1, -0.05) is 74.9 Å². The van der Waals surface area contributed by atoms with Gasteiger partial charge in [0.15, 0.2) is 0 Å². The largest absolute Gasteiger partial charge is 0.317 e. The van der Waals surface area contributed by atoms with Crippen molar-refractivity contribution in [2.24, 2.45) is 0 Å². The summed E-state index contributed by atoms with van der Waals surface area (Å²) in [6.07, 6.45) is 3.75. The number of hydrogen-bond donors (Lipinski definition) is 1. The summed E-state index contributed by atoms with van der Waals surface area (Å²) in [6, 6.07) is 19.6. The smallest absolute Gasteiger partial charge is 0.00432 e. The van der Waals surface area contributed by atoms with Crippen LogP contribution in [0.2, 0.25) is 0 Å². The highest BCUT2D eigenvalue weighted by Gasteiger charge is 2.05. The van der Waals surface area contributed by atoms with Crippen molar-refractivity contribution in [1.82, 2.24) is 5.32 Å². The van der Waals surface area contributed by atoms with Crippen molar-refractivity contribution < 1.29 is 0 Å². The van der Waals surface area contributed by atoms with Crippen LogP contribution in [0, 0.1) is 0 Å². The molecule has 0 heterocycles. The van der Waals surface area contributed by atoms with Crippen LogP contribution in [-0.2, 0) is 0 Å². The molecule has 0 bridgehead atoms. The quantitative estimate of drug-likeness (QED) is 0.653. The first-order valence-corrected chi connectivity index (χ1v) is 8.17. The molecule has 2 aromatic rings. The Morgan fingerprint density at radius 3 is 2.19 bits per heavy atom. The fraction of sp³-hybridized carbons (Fsp3) is 0.400. The Kier molecular flexibility index (Phi) is 6.49. The van der Waals surface area contributed by atoms with Crippen molar-refractivity contribution in [3.05, 3.63) is 60.2 Å². The van der Waals surface area contributed by atoms with E-state index in [4.69, 9.17) is 0 Å². The average Bonchev–Trinajstić information content (AvgIpc) is 2.55. The molecule has 0 spiro atoms. The van der Waals surface area contributed by atoms with Gasteiger partial charge in [0.25, 0.3) is 0 Å². The molecule has 0 aromatic heterocycles. The van der Waals surface area contributed by atoms with Crippen LogP contribution in [0.25, 0.3) is 11.1 Å². The molecule has 0 radical (unpaired) electrons. The van der Waals surface area contributed by atoms with Crippen LogP contribution in [0.15, 0.2) is 54.6 Å². The van der Waals surface area contributed by atoms with Crippen molar-refractivity contribution in [3.63, 3.8) is 0 Å². The summed E-state index contributed by atoms with van der Waals surface area (Å²) in [7, 11) is 0. The first kappa shape index (κ1) is 15.8. The van der Waals surface area contributed by atoms with E-state index in [-0.39, 0.29) is 0 Å². The molecule has 1 N–H and O–H groups in total. The van der Waals surface area contributed by atoms with Gasteiger partial charge in [0.2, 0.25) is 0 Å². The second-order valence-corrected chi connectivity index (χ2v) is 5.78. The van der Waals surface area contributed by atoms with Gasteiger partial charge < -0.3 is 5.32 Å². The maximum Gasteiger partial charge on any atom is -0.00432 e. The standard InChI is InChI=1S/C20H27N/c1-3-4-15-21-16-14-17(2)18-10-12-20(13-11-18)19-8-6-5-7-9-19/h5-13,17,21H,3-4,14-16H2,1-2H3. The summed E-state index contributed by atoms with van der Waals surface area (Å²) in [5.74, 6) is 0.615. The predicted octanol–water partition coefficient (Wildman–Crippen LogP) is 5.24. The van der Waals surface area contributed by atoms with E-state index in [1.165, 1.54) is 36.0 Å². The second kappa shape index (κ2) is 8.63. The molecule has 0 aliphatic rings. The Hall–Kier alpha value is -1.60. The van der Waals surface area contributed by atoms with Crippen LogP contribution >= 0.6 is 0 Å². The number of unbranched alkanes of at least 4 members (excludes halogenated alkanes) is 1. The molecule has 2 rings (SSSR count). The molecule has 112 valence electrons. The molecular weight excluding hydrogens is 254 g/mol. The predicted molar refractivity (Wildman–Crippen MR) is 92.7 cm³/mol. The van der Waals surface area contributed by atoms with E-state index in [1.807, 2.05) is 0 Å². The molecule has 21 heavy (non-hydrogen) atoms. The zero-order chi connectivity index (χ0) is 14.9. The molecule has 0 fully saturated rings. The Balaban J connectivity index is 1.87. The minimum atomic E-state index is 0.615. The maximum absolute atomic E-state index is 3.52. The van der Waals surface area contributed by atoms with E-state index in [0.717, 1.165) is 13.1 Å². The van der Waals surface area contributed by atoms with Gasteiger partial charge in [-0.15, -0.1) is 0 Å². The first-order chi connectivity index (χ1) is 10.3. The van der Waals surface area contributed by atoms with Gasteiger partial charge in [-0.2, -0.15) is 0 Å². The number of hydrogen-bond acceptors (Lipinski definition) is 1. The molecule has 1 unspecified atom stereocenters. The van der Waals surface area contributed by atoms with Crippen molar-refractivity contribution in [2.75, 3.05) is 13.1 Å².